The van der Waals surface area contributed by atoms with Crippen LogP contribution in [0.1, 0.15) is 17.7 Å². The zero-order valence-electron chi connectivity index (χ0n) is 12.0. The van der Waals surface area contributed by atoms with E-state index in [0.717, 1.165) is 39.3 Å². The van der Waals surface area contributed by atoms with Crippen LogP contribution < -0.4 is 4.90 Å². The van der Waals surface area contributed by atoms with E-state index < -0.39 is 0 Å². The van der Waals surface area contributed by atoms with Gasteiger partial charge in [0.1, 0.15) is 6.61 Å². The van der Waals surface area contributed by atoms with E-state index >= 15 is 0 Å². The Morgan fingerprint density at radius 2 is 2.14 bits per heavy atom. The van der Waals surface area contributed by atoms with Crippen molar-refractivity contribution in [3.63, 3.8) is 0 Å². The highest BCUT2D eigenvalue weighted by Crippen LogP contribution is 2.27. The first-order valence-electron chi connectivity index (χ1n) is 7.65. The molecule has 6 nitrogen and oxygen atoms in total. The molecule has 0 bridgehead atoms. The first-order chi connectivity index (χ1) is 10.3. The van der Waals surface area contributed by atoms with Crippen molar-refractivity contribution in [3.8, 4) is 0 Å². The molecular weight excluding hydrogens is 288 g/mol. The largest absolute Gasteiger partial charge is 0.447 e. The number of carbonyl (C=O) groups excluding carboxylic acids is 1. The topological polar surface area (TPSA) is 48.9 Å². The summed E-state index contributed by atoms with van der Waals surface area (Å²) in [4.78, 5) is 24.0. The van der Waals surface area contributed by atoms with Gasteiger partial charge in [0.25, 0.3) is 0 Å². The fraction of sp³-hybridized carbons (Fsp3) is 0.714. The Bertz CT molecular complexity index is 529. The van der Waals surface area contributed by atoms with Gasteiger partial charge in [0.05, 0.1) is 6.04 Å². The lowest BCUT2D eigenvalue weighted by Gasteiger charge is -2.34. The Hall–Kier alpha value is -1.34. The van der Waals surface area contributed by atoms with Gasteiger partial charge in [0, 0.05) is 50.3 Å². The van der Waals surface area contributed by atoms with Crippen molar-refractivity contribution in [1.82, 2.24) is 14.8 Å². The van der Waals surface area contributed by atoms with Gasteiger partial charge in [-0.15, -0.1) is 11.3 Å². The molecule has 1 aromatic rings. The van der Waals surface area contributed by atoms with Gasteiger partial charge in [0.2, 0.25) is 0 Å². The summed E-state index contributed by atoms with van der Waals surface area (Å²) < 4.78 is 5.11. The molecule has 3 aliphatic rings. The molecule has 114 valence electrons. The lowest BCUT2D eigenvalue weighted by atomic mass is 10.2. The SMILES string of the molecule is O=C1OC[C@H]2CN(Cc3cnc(N4CCCC4)s3)CCN12. The van der Waals surface area contributed by atoms with Gasteiger partial charge in [-0.2, -0.15) is 0 Å². The van der Waals surface area contributed by atoms with Crippen LogP contribution in [0, 0.1) is 0 Å². The predicted molar refractivity (Wildman–Crippen MR) is 80.7 cm³/mol. The van der Waals surface area contributed by atoms with Crippen molar-refractivity contribution in [2.24, 2.45) is 0 Å². The number of thiazole rings is 1. The average Bonchev–Trinajstić information content (AvgIpc) is 3.20. The Kier molecular flexibility index (Phi) is 3.46. The Balaban J connectivity index is 1.37. The highest BCUT2D eigenvalue weighted by molar-refractivity contribution is 7.15. The summed E-state index contributed by atoms with van der Waals surface area (Å²) >= 11 is 1.81. The third kappa shape index (κ3) is 2.60. The number of cyclic esters (lactones) is 1. The van der Waals surface area contributed by atoms with Gasteiger partial charge < -0.3 is 9.64 Å². The van der Waals surface area contributed by atoms with Gasteiger partial charge in [-0.3, -0.25) is 9.80 Å². The fourth-order valence-corrected chi connectivity index (χ4v) is 4.35. The summed E-state index contributed by atoms with van der Waals surface area (Å²) in [6.45, 7) is 6.37. The van der Waals surface area contributed by atoms with E-state index in [2.05, 4.69) is 14.8 Å². The number of fused-ring (bicyclic) bond motifs is 1. The predicted octanol–water partition coefficient (Wildman–Crippen LogP) is 1.38. The van der Waals surface area contributed by atoms with E-state index in [1.165, 1.54) is 22.9 Å². The van der Waals surface area contributed by atoms with Gasteiger partial charge in [0.15, 0.2) is 5.13 Å². The molecule has 4 heterocycles. The first-order valence-corrected chi connectivity index (χ1v) is 8.46. The fourth-order valence-electron chi connectivity index (χ4n) is 3.34. The molecule has 0 unspecified atom stereocenters. The second-order valence-electron chi connectivity index (χ2n) is 5.96. The maximum Gasteiger partial charge on any atom is 0.410 e. The van der Waals surface area contributed by atoms with Crippen LogP contribution in [-0.2, 0) is 11.3 Å². The Morgan fingerprint density at radius 3 is 3.00 bits per heavy atom. The van der Waals surface area contributed by atoms with Crippen LogP contribution in [-0.4, -0.2) is 66.2 Å². The van der Waals surface area contributed by atoms with Gasteiger partial charge >= 0.3 is 6.09 Å². The highest BCUT2D eigenvalue weighted by Gasteiger charge is 2.37. The second kappa shape index (κ2) is 5.46. The number of piperazine rings is 1. The lowest BCUT2D eigenvalue weighted by Crippen LogP contribution is -2.51. The number of anilines is 1. The monoisotopic (exact) mass is 308 g/mol. The molecule has 21 heavy (non-hydrogen) atoms. The quantitative estimate of drug-likeness (QED) is 0.844. The molecule has 0 N–H and O–H groups in total. The van der Waals surface area contributed by atoms with Crippen LogP contribution >= 0.6 is 11.3 Å². The number of nitrogens with zero attached hydrogens (tertiary/aromatic N) is 4. The summed E-state index contributed by atoms with van der Waals surface area (Å²) in [5, 5.41) is 1.17. The van der Waals surface area contributed by atoms with Crippen LogP contribution in [0.3, 0.4) is 0 Å². The molecule has 7 heteroatoms. The molecule has 3 fully saturated rings. The highest BCUT2D eigenvalue weighted by atomic mass is 32.1. The zero-order valence-corrected chi connectivity index (χ0v) is 12.8. The van der Waals surface area contributed by atoms with E-state index in [9.17, 15) is 4.79 Å². The molecular formula is C14H20N4O2S. The van der Waals surface area contributed by atoms with Crippen LogP contribution in [0.15, 0.2) is 6.20 Å². The molecule has 3 aliphatic heterocycles. The lowest BCUT2D eigenvalue weighted by molar-refractivity contribution is 0.116. The maximum atomic E-state index is 11.5. The molecule has 0 saturated carbocycles. The zero-order chi connectivity index (χ0) is 14.2. The summed E-state index contributed by atoms with van der Waals surface area (Å²) in [7, 11) is 0. The molecule has 0 aliphatic carbocycles. The number of ether oxygens (including phenoxy) is 1. The molecule has 1 amide bonds. The van der Waals surface area contributed by atoms with E-state index in [1.807, 2.05) is 22.4 Å². The van der Waals surface area contributed by atoms with Crippen LogP contribution in [0.5, 0.6) is 0 Å². The Labute approximate surface area is 128 Å². The minimum absolute atomic E-state index is 0.145. The van der Waals surface area contributed by atoms with E-state index in [1.54, 1.807) is 0 Å². The Morgan fingerprint density at radius 1 is 1.29 bits per heavy atom. The number of hydrogen-bond donors (Lipinski definition) is 0. The number of carbonyl (C=O) groups is 1. The third-order valence-corrected chi connectivity index (χ3v) is 5.54. The number of rotatable bonds is 3. The van der Waals surface area contributed by atoms with Crippen LogP contribution in [0.4, 0.5) is 9.93 Å². The molecule has 0 radical (unpaired) electrons. The van der Waals surface area contributed by atoms with Crippen molar-refractivity contribution < 1.29 is 9.53 Å². The smallest absolute Gasteiger partial charge is 0.410 e. The van der Waals surface area contributed by atoms with E-state index in [4.69, 9.17) is 4.74 Å². The summed E-state index contributed by atoms with van der Waals surface area (Å²) in [5.74, 6) is 0. The van der Waals surface area contributed by atoms with Crippen molar-refractivity contribution in [2.45, 2.75) is 25.4 Å². The summed E-state index contributed by atoms with van der Waals surface area (Å²) in [5.41, 5.74) is 0. The minimum atomic E-state index is -0.145. The van der Waals surface area contributed by atoms with Gasteiger partial charge in [-0.25, -0.2) is 9.78 Å². The molecule has 1 aromatic heterocycles. The van der Waals surface area contributed by atoms with E-state index in [0.29, 0.717) is 6.61 Å². The van der Waals surface area contributed by atoms with Gasteiger partial charge in [-0.1, -0.05) is 0 Å². The van der Waals surface area contributed by atoms with Gasteiger partial charge in [-0.05, 0) is 12.8 Å². The van der Waals surface area contributed by atoms with Crippen LogP contribution in [0.2, 0.25) is 0 Å². The second-order valence-corrected chi connectivity index (χ2v) is 7.06. The third-order valence-electron chi connectivity index (χ3n) is 4.50. The molecule has 0 spiro atoms. The molecule has 0 aromatic carbocycles. The molecule has 1 atom stereocenters. The van der Waals surface area contributed by atoms with Crippen molar-refractivity contribution in [3.05, 3.63) is 11.1 Å². The first kappa shape index (κ1) is 13.3. The summed E-state index contributed by atoms with van der Waals surface area (Å²) in [6.07, 6.45) is 4.44. The van der Waals surface area contributed by atoms with E-state index in [-0.39, 0.29) is 12.1 Å². The summed E-state index contributed by atoms with van der Waals surface area (Å²) in [6, 6.07) is 0.234. The van der Waals surface area contributed by atoms with Crippen molar-refractivity contribution in [1.29, 1.82) is 0 Å². The number of hydrogen-bond acceptors (Lipinski definition) is 6. The minimum Gasteiger partial charge on any atom is -0.447 e. The number of amides is 1. The standard InChI is InChI=1S/C14H20N4O2S/c19-14-18-6-5-16(8-11(18)10-20-14)9-12-7-15-13(21-12)17-3-1-2-4-17/h7,11H,1-6,8-10H2/t11-/m1/s1. The average molecular weight is 308 g/mol. The maximum absolute atomic E-state index is 11.5. The molecule has 4 rings (SSSR count). The molecule has 3 saturated heterocycles. The van der Waals surface area contributed by atoms with Crippen molar-refractivity contribution >= 4 is 22.6 Å². The van der Waals surface area contributed by atoms with Crippen LogP contribution in [0.25, 0.3) is 0 Å². The normalized spacial score (nSPS) is 26.3. The number of aromatic nitrogens is 1. The van der Waals surface area contributed by atoms with Crippen molar-refractivity contribution in [2.75, 3.05) is 44.2 Å².